The third-order valence-corrected chi connectivity index (χ3v) is 3.64. The summed E-state index contributed by atoms with van der Waals surface area (Å²) in [6.45, 7) is 1.97. The molecule has 0 aliphatic heterocycles. The Kier molecular flexibility index (Phi) is 2.46. The first-order chi connectivity index (χ1) is 8.22. The standard InChI is InChI=1S/C14H16N2O/c1-9-15-13-7-4-11(8-14(13)16-9)10-2-5-12(17)6-3-10/h4,7-8,10H,2-3,5-6H2,1H3,(H,15,16). The molecular formula is C14H16N2O. The molecule has 0 bridgehead atoms. The quantitative estimate of drug-likeness (QED) is 0.815. The Morgan fingerprint density at radius 3 is 2.82 bits per heavy atom. The van der Waals surface area contributed by atoms with Crippen LogP contribution in [0.25, 0.3) is 11.0 Å². The minimum atomic E-state index is 0.416. The first-order valence-corrected chi connectivity index (χ1v) is 6.20. The van der Waals surface area contributed by atoms with Crippen LogP contribution >= 0.6 is 0 Å². The third-order valence-electron chi connectivity index (χ3n) is 3.64. The fourth-order valence-electron chi connectivity index (χ4n) is 2.68. The summed E-state index contributed by atoms with van der Waals surface area (Å²) < 4.78 is 0. The van der Waals surface area contributed by atoms with Crippen molar-refractivity contribution in [1.82, 2.24) is 9.97 Å². The molecular weight excluding hydrogens is 212 g/mol. The number of benzene rings is 1. The van der Waals surface area contributed by atoms with Crippen molar-refractivity contribution in [3.63, 3.8) is 0 Å². The zero-order valence-electron chi connectivity index (χ0n) is 9.99. The van der Waals surface area contributed by atoms with Gasteiger partial charge in [-0.1, -0.05) is 6.07 Å². The van der Waals surface area contributed by atoms with E-state index in [-0.39, 0.29) is 0 Å². The summed E-state index contributed by atoms with van der Waals surface area (Å²) in [5.74, 6) is 1.91. The molecule has 0 spiro atoms. The number of carbonyl (C=O) groups excluding carboxylic acids is 1. The van der Waals surface area contributed by atoms with Gasteiger partial charge >= 0.3 is 0 Å². The van der Waals surface area contributed by atoms with E-state index in [0.29, 0.717) is 11.7 Å². The van der Waals surface area contributed by atoms with Crippen LogP contribution in [0.15, 0.2) is 18.2 Å². The molecule has 1 aliphatic carbocycles. The van der Waals surface area contributed by atoms with Gasteiger partial charge in [-0.25, -0.2) is 4.98 Å². The van der Waals surface area contributed by atoms with Crippen molar-refractivity contribution in [1.29, 1.82) is 0 Å². The number of ketones is 1. The highest BCUT2D eigenvalue weighted by Crippen LogP contribution is 2.32. The van der Waals surface area contributed by atoms with Gasteiger partial charge in [-0.3, -0.25) is 4.79 Å². The number of carbonyl (C=O) groups is 1. The molecule has 0 radical (unpaired) electrons. The Hall–Kier alpha value is -1.64. The lowest BCUT2D eigenvalue weighted by molar-refractivity contribution is -0.120. The highest BCUT2D eigenvalue weighted by atomic mass is 16.1. The zero-order valence-corrected chi connectivity index (χ0v) is 9.99. The second kappa shape index (κ2) is 3.99. The summed E-state index contributed by atoms with van der Waals surface area (Å²) in [4.78, 5) is 18.9. The summed E-state index contributed by atoms with van der Waals surface area (Å²) in [7, 11) is 0. The highest BCUT2D eigenvalue weighted by Gasteiger charge is 2.20. The number of fused-ring (bicyclic) bond motifs is 1. The van der Waals surface area contributed by atoms with Crippen molar-refractivity contribution in [2.45, 2.75) is 38.5 Å². The topological polar surface area (TPSA) is 45.8 Å². The summed E-state index contributed by atoms with van der Waals surface area (Å²) in [6, 6.07) is 6.42. The van der Waals surface area contributed by atoms with E-state index >= 15 is 0 Å². The predicted octanol–water partition coefficient (Wildman–Crippen LogP) is 3.10. The lowest BCUT2D eigenvalue weighted by Crippen LogP contribution is -2.12. The van der Waals surface area contributed by atoms with Crippen LogP contribution in [0.1, 0.15) is 43.0 Å². The van der Waals surface area contributed by atoms with Crippen molar-refractivity contribution in [2.75, 3.05) is 0 Å². The van der Waals surface area contributed by atoms with E-state index in [1.165, 1.54) is 5.56 Å². The van der Waals surface area contributed by atoms with Crippen LogP contribution in [0.4, 0.5) is 0 Å². The Balaban J connectivity index is 1.92. The fourth-order valence-corrected chi connectivity index (χ4v) is 2.68. The van der Waals surface area contributed by atoms with Gasteiger partial charge in [0, 0.05) is 12.8 Å². The zero-order chi connectivity index (χ0) is 11.8. The second-order valence-electron chi connectivity index (χ2n) is 4.91. The molecule has 0 amide bonds. The van der Waals surface area contributed by atoms with Gasteiger partial charge in [-0.2, -0.15) is 0 Å². The molecule has 1 aromatic carbocycles. The number of hydrogen-bond acceptors (Lipinski definition) is 2. The molecule has 1 N–H and O–H groups in total. The van der Waals surface area contributed by atoms with Gasteiger partial charge in [0.25, 0.3) is 0 Å². The van der Waals surface area contributed by atoms with Gasteiger partial charge in [-0.05, 0) is 43.4 Å². The fraction of sp³-hybridized carbons (Fsp3) is 0.429. The molecule has 17 heavy (non-hydrogen) atoms. The Labute approximate surface area is 100 Å². The molecule has 1 aromatic heterocycles. The van der Waals surface area contributed by atoms with Gasteiger partial charge in [0.15, 0.2) is 0 Å². The van der Waals surface area contributed by atoms with Gasteiger partial charge in [0.05, 0.1) is 11.0 Å². The lowest BCUT2D eigenvalue weighted by Gasteiger charge is -2.21. The molecule has 1 aliphatic rings. The van der Waals surface area contributed by atoms with Crippen LogP contribution < -0.4 is 0 Å². The third kappa shape index (κ3) is 1.97. The number of aryl methyl sites for hydroxylation is 1. The minimum Gasteiger partial charge on any atom is -0.342 e. The summed E-state index contributed by atoms with van der Waals surface area (Å²) in [5, 5.41) is 0. The van der Waals surface area contributed by atoms with Crippen LogP contribution in [0, 0.1) is 6.92 Å². The summed E-state index contributed by atoms with van der Waals surface area (Å²) in [6.07, 6.45) is 3.48. The number of rotatable bonds is 1. The van der Waals surface area contributed by atoms with Gasteiger partial charge in [0.1, 0.15) is 11.6 Å². The van der Waals surface area contributed by atoms with E-state index in [9.17, 15) is 4.79 Å². The smallest absolute Gasteiger partial charge is 0.132 e. The number of nitrogens with one attached hydrogen (secondary N) is 1. The molecule has 1 fully saturated rings. The molecule has 1 heterocycles. The largest absolute Gasteiger partial charge is 0.342 e. The monoisotopic (exact) mass is 228 g/mol. The summed E-state index contributed by atoms with van der Waals surface area (Å²) in [5.41, 5.74) is 3.48. The molecule has 3 heteroatoms. The number of imidazole rings is 1. The maximum absolute atomic E-state index is 11.2. The molecule has 3 nitrogen and oxygen atoms in total. The SMILES string of the molecule is Cc1nc2ccc(C3CCC(=O)CC3)cc2[nH]1. The maximum Gasteiger partial charge on any atom is 0.132 e. The molecule has 0 unspecified atom stereocenters. The van der Waals surface area contributed by atoms with Gasteiger partial charge in [-0.15, -0.1) is 0 Å². The summed E-state index contributed by atoms with van der Waals surface area (Å²) >= 11 is 0. The van der Waals surface area contributed by atoms with Crippen molar-refractivity contribution < 1.29 is 4.79 Å². The minimum absolute atomic E-state index is 0.416. The molecule has 1 saturated carbocycles. The highest BCUT2D eigenvalue weighted by molar-refractivity contribution is 5.80. The van der Waals surface area contributed by atoms with Gasteiger partial charge < -0.3 is 4.98 Å². The van der Waals surface area contributed by atoms with E-state index in [2.05, 4.69) is 28.2 Å². The van der Waals surface area contributed by atoms with E-state index in [4.69, 9.17) is 0 Å². The van der Waals surface area contributed by atoms with E-state index < -0.39 is 0 Å². The lowest BCUT2D eigenvalue weighted by atomic mass is 9.83. The molecule has 0 saturated heterocycles. The Bertz CT molecular complexity index is 561. The molecule has 0 atom stereocenters. The van der Waals surface area contributed by atoms with Crippen LogP contribution in [0.5, 0.6) is 0 Å². The number of H-pyrrole nitrogens is 1. The molecule has 3 rings (SSSR count). The Morgan fingerprint density at radius 1 is 1.29 bits per heavy atom. The first-order valence-electron chi connectivity index (χ1n) is 6.20. The van der Waals surface area contributed by atoms with E-state index in [1.807, 2.05) is 6.92 Å². The average molecular weight is 228 g/mol. The van der Waals surface area contributed by atoms with Crippen molar-refractivity contribution in [3.05, 3.63) is 29.6 Å². The normalized spacial score (nSPS) is 17.8. The second-order valence-corrected chi connectivity index (χ2v) is 4.91. The van der Waals surface area contributed by atoms with Crippen LogP contribution in [0.3, 0.4) is 0 Å². The van der Waals surface area contributed by atoms with Crippen LogP contribution in [-0.2, 0) is 4.79 Å². The average Bonchev–Trinajstić information content (AvgIpc) is 2.69. The number of hydrogen-bond donors (Lipinski definition) is 1. The van der Waals surface area contributed by atoms with Crippen molar-refractivity contribution in [2.24, 2.45) is 0 Å². The van der Waals surface area contributed by atoms with Crippen molar-refractivity contribution in [3.8, 4) is 0 Å². The van der Waals surface area contributed by atoms with E-state index in [0.717, 1.165) is 42.5 Å². The molecule has 2 aromatic rings. The number of nitrogens with zero attached hydrogens (tertiary/aromatic N) is 1. The van der Waals surface area contributed by atoms with E-state index in [1.54, 1.807) is 0 Å². The maximum atomic E-state index is 11.2. The van der Waals surface area contributed by atoms with Crippen LogP contribution in [-0.4, -0.2) is 15.8 Å². The number of aromatic amines is 1. The number of aromatic nitrogens is 2. The first kappa shape index (κ1) is 10.5. The molecule has 88 valence electrons. The number of Topliss-reactive ketones (excluding diaryl/α,β-unsaturated/α-hetero) is 1. The van der Waals surface area contributed by atoms with Crippen molar-refractivity contribution >= 4 is 16.8 Å². The van der Waals surface area contributed by atoms with Crippen LogP contribution in [0.2, 0.25) is 0 Å². The Morgan fingerprint density at radius 2 is 2.06 bits per heavy atom. The van der Waals surface area contributed by atoms with Gasteiger partial charge in [0.2, 0.25) is 0 Å². The predicted molar refractivity (Wildman–Crippen MR) is 67.0 cm³/mol.